The third-order valence-electron chi connectivity index (χ3n) is 5.84. The van der Waals surface area contributed by atoms with Gasteiger partial charge in [0.25, 0.3) is 0 Å². The highest BCUT2D eigenvalue weighted by molar-refractivity contribution is 5.85. The summed E-state index contributed by atoms with van der Waals surface area (Å²) in [6, 6.07) is 8.83. The number of piperidine rings is 1. The minimum absolute atomic E-state index is 0.0135. The van der Waals surface area contributed by atoms with Gasteiger partial charge in [-0.1, -0.05) is 12.1 Å². The van der Waals surface area contributed by atoms with Crippen molar-refractivity contribution >= 4 is 23.8 Å². The maximum atomic E-state index is 13.1. The molecule has 0 atom stereocenters. The van der Waals surface area contributed by atoms with E-state index in [9.17, 15) is 22.8 Å². The molecule has 0 saturated carbocycles. The van der Waals surface area contributed by atoms with Crippen molar-refractivity contribution < 1.29 is 22.8 Å². The molecule has 0 aliphatic carbocycles. The van der Waals surface area contributed by atoms with Crippen LogP contribution in [-0.4, -0.2) is 40.8 Å². The van der Waals surface area contributed by atoms with Gasteiger partial charge in [0.05, 0.1) is 5.69 Å². The quantitative estimate of drug-likeness (QED) is 0.607. The Labute approximate surface area is 198 Å². The number of likely N-dealkylation sites (tertiary alicyclic amines) is 1. The van der Waals surface area contributed by atoms with E-state index in [1.165, 1.54) is 12.1 Å². The van der Waals surface area contributed by atoms with Crippen LogP contribution in [0.25, 0.3) is 0 Å². The number of pyridine rings is 1. The first-order chi connectivity index (χ1) is 15.9. The fourth-order valence-corrected chi connectivity index (χ4v) is 4.01. The SMILES string of the molecule is Cc1ccc(N(C=O)c2cccc(C(F)(F)F)n2)cc1CN1CCC(C(=O)NC(C)(C)C)CC1. The van der Waals surface area contributed by atoms with E-state index >= 15 is 0 Å². The molecule has 0 bridgehead atoms. The molecule has 1 fully saturated rings. The molecule has 9 heteroatoms. The first-order valence-corrected chi connectivity index (χ1v) is 11.3. The fourth-order valence-electron chi connectivity index (χ4n) is 4.01. The summed E-state index contributed by atoms with van der Waals surface area (Å²) < 4.78 is 39.2. The Morgan fingerprint density at radius 3 is 2.44 bits per heavy atom. The fraction of sp³-hybridized carbons (Fsp3) is 0.480. The Morgan fingerprint density at radius 1 is 1.18 bits per heavy atom. The zero-order valence-electron chi connectivity index (χ0n) is 19.9. The average molecular weight is 477 g/mol. The first-order valence-electron chi connectivity index (χ1n) is 11.3. The van der Waals surface area contributed by atoms with Crippen LogP contribution in [-0.2, 0) is 22.3 Å². The predicted octanol–water partition coefficient (Wildman–Crippen LogP) is 4.83. The summed E-state index contributed by atoms with van der Waals surface area (Å²) in [5, 5.41) is 3.05. The van der Waals surface area contributed by atoms with Crippen LogP contribution in [0.15, 0.2) is 36.4 Å². The summed E-state index contributed by atoms with van der Waals surface area (Å²) in [5.41, 5.74) is 1.11. The lowest BCUT2D eigenvalue weighted by Crippen LogP contribution is -2.46. The zero-order valence-corrected chi connectivity index (χ0v) is 19.9. The number of halogens is 3. The minimum Gasteiger partial charge on any atom is -0.351 e. The summed E-state index contributed by atoms with van der Waals surface area (Å²) in [5.74, 6) is -0.0220. The van der Waals surface area contributed by atoms with Crippen molar-refractivity contribution in [1.29, 1.82) is 0 Å². The summed E-state index contributed by atoms with van der Waals surface area (Å²) in [4.78, 5) is 31.3. The summed E-state index contributed by atoms with van der Waals surface area (Å²) in [6.45, 7) is 10.00. The number of aryl methyl sites for hydroxylation is 1. The number of carbonyl (C=O) groups excluding carboxylic acids is 2. The molecule has 0 unspecified atom stereocenters. The monoisotopic (exact) mass is 476 g/mol. The number of anilines is 2. The molecule has 2 heterocycles. The van der Waals surface area contributed by atoms with Crippen molar-refractivity contribution in [2.24, 2.45) is 5.92 Å². The third kappa shape index (κ3) is 6.56. The minimum atomic E-state index is -4.60. The lowest BCUT2D eigenvalue weighted by atomic mass is 9.94. The van der Waals surface area contributed by atoms with Gasteiger partial charge in [-0.2, -0.15) is 13.2 Å². The van der Waals surface area contributed by atoms with Crippen molar-refractivity contribution in [1.82, 2.24) is 15.2 Å². The second-order valence-electron chi connectivity index (χ2n) is 9.75. The van der Waals surface area contributed by atoms with Crippen molar-refractivity contribution in [3.8, 4) is 0 Å². The van der Waals surface area contributed by atoms with Gasteiger partial charge < -0.3 is 5.32 Å². The van der Waals surface area contributed by atoms with Crippen LogP contribution < -0.4 is 10.2 Å². The number of amides is 2. The van der Waals surface area contributed by atoms with Gasteiger partial charge in [-0.05, 0) is 89.0 Å². The highest BCUT2D eigenvalue weighted by Gasteiger charge is 2.33. The van der Waals surface area contributed by atoms with Gasteiger partial charge in [0.1, 0.15) is 11.5 Å². The van der Waals surface area contributed by atoms with E-state index in [1.807, 2.05) is 39.8 Å². The molecule has 1 saturated heterocycles. The van der Waals surface area contributed by atoms with Gasteiger partial charge >= 0.3 is 6.18 Å². The van der Waals surface area contributed by atoms with E-state index in [4.69, 9.17) is 0 Å². The Kier molecular flexibility index (Phi) is 7.65. The standard InChI is InChI=1S/C25H31F3N4O2/c1-17-8-9-20(32(16-33)22-7-5-6-21(29-22)25(26,27)28)14-19(17)15-31-12-10-18(11-13-31)23(34)30-24(2,3)4/h5-9,14,16,18H,10-13,15H2,1-4H3,(H,30,34). The maximum absolute atomic E-state index is 13.1. The van der Waals surface area contributed by atoms with Crippen LogP contribution in [0.4, 0.5) is 24.7 Å². The lowest BCUT2D eigenvalue weighted by molar-refractivity contribution is -0.141. The average Bonchev–Trinajstić information content (AvgIpc) is 2.75. The zero-order chi connectivity index (χ0) is 25.1. The molecule has 2 amide bonds. The van der Waals surface area contributed by atoms with Crippen molar-refractivity contribution in [3.63, 3.8) is 0 Å². The van der Waals surface area contributed by atoms with Gasteiger partial charge in [0, 0.05) is 18.0 Å². The van der Waals surface area contributed by atoms with Crippen LogP contribution in [0.2, 0.25) is 0 Å². The lowest BCUT2D eigenvalue weighted by Gasteiger charge is -2.33. The van der Waals surface area contributed by atoms with Gasteiger partial charge in [0.2, 0.25) is 12.3 Å². The van der Waals surface area contributed by atoms with E-state index in [2.05, 4.69) is 15.2 Å². The van der Waals surface area contributed by atoms with Gasteiger partial charge in [-0.15, -0.1) is 0 Å². The van der Waals surface area contributed by atoms with Crippen LogP contribution in [0.1, 0.15) is 50.4 Å². The molecule has 2 aromatic rings. The van der Waals surface area contributed by atoms with Crippen LogP contribution in [0, 0.1) is 12.8 Å². The number of benzene rings is 1. The van der Waals surface area contributed by atoms with E-state index in [0.717, 1.165) is 48.0 Å². The molecule has 0 radical (unpaired) electrons. The molecule has 6 nitrogen and oxygen atoms in total. The molecule has 184 valence electrons. The molecule has 1 N–H and O–H groups in total. The van der Waals surface area contributed by atoms with Crippen molar-refractivity contribution in [2.45, 2.75) is 58.8 Å². The summed E-state index contributed by atoms with van der Waals surface area (Å²) in [6.07, 6.45) is -2.61. The molecule has 1 aliphatic heterocycles. The first kappa shape index (κ1) is 25.7. The highest BCUT2D eigenvalue weighted by Crippen LogP contribution is 2.31. The Hall–Kier alpha value is -2.94. The molecule has 0 spiro atoms. The molecular formula is C25H31F3N4O2. The second-order valence-corrected chi connectivity index (χ2v) is 9.75. The van der Waals surface area contributed by atoms with E-state index in [-0.39, 0.29) is 23.2 Å². The Bertz CT molecular complexity index is 1030. The molecule has 1 aromatic carbocycles. The van der Waals surface area contributed by atoms with Gasteiger partial charge in [-0.25, -0.2) is 4.98 Å². The number of aromatic nitrogens is 1. The van der Waals surface area contributed by atoms with Crippen molar-refractivity contribution in [2.75, 3.05) is 18.0 Å². The highest BCUT2D eigenvalue weighted by atomic mass is 19.4. The molecule has 1 aliphatic rings. The third-order valence-corrected chi connectivity index (χ3v) is 5.84. The number of hydrogen-bond donors (Lipinski definition) is 1. The van der Waals surface area contributed by atoms with Gasteiger partial charge in [-0.3, -0.25) is 19.4 Å². The molecule has 1 aromatic heterocycles. The largest absolute Gasteiger partial charge is 0.433 e. The number of rotatable bonds is 6. The number of carbonyl (C=O) groups is 2. The smallest absolute Gasteiger partial charge is 0.351 e. The number of nitrogens with one attached hydrogen (secondary N) is 1. The Morgan fingerprint density at radius 2 is 1.85 bits per heavy atom. The normalized spacial score (nSPS) is 15.7. The van der Waals surface area contributed by atoms with Crippen LogP contribution in [0.3, 0.4) is 0 Å². The van der Waals surface area contributed by atoms with Crippen LogP contribution >= 0.6 is 0 Å². The molecular weight excluding hydrogens is 445 g/mol. The molecule has 3 rings (SSSR count). The van der Waals surface area contributed by atoms with Crippen molar-refractivity contribution in [3.05, 3.63) is 53.2 Å². The van der Waals surface area contributed by atoms with Gasteiger partial charge in [0.15, 0.2) is 0 Å². The Balaban J connectivity index is 1.72. The summed E-state index contributed by atoms with van der Waals surface area (Å²) >= 11 is 0. The number of nitrogens with zero attached hydrogens (tertiary/aromatic N) is 3. The van der Waals surface area contributed by atoms with E-state index in [1.54, 1.807) is 6.07 Å². The van der Waals surface area contributed by atoms with Crippen LogP contribution in [0.5, 0.6) is 0 Å². The van der Waals surface area contributed by atoms with E-state index in [0.29, 0.717) is 18.6 Å². The topological polar surface area (TPSA) is 65.5 Å². The number of alkyl halides is 3. The summed E-state index contributed by atoms with van der Waals surface area (Å²) in [7, 11) is 0. The van der Waals surface area contributed by atoms with E-state index < -0.39 is 11.9 Å². The number of hydrogen-bond acceptors (Lipinski definition) is 4. The maximum Gasteiger partial charge on any atom is 0.433 e. The predicted molar refractivity (Wildman–Crippen MR) is 125 cm³/mol. The second kappa shape index (κ2) is 10.1. The molecule has 34 heavy (non-hydrogen) atoms.